The summed E-state index contributed by atoms with van der Waals surface area (Å²) in [5.41, 5.74) is 1.56. The zero-order valence-electron chi connectivity index (χ0n) is 8.93. The highest BCUT2D eigenvalue weighted by Crippen LogP contribution is 2.14. The third-order valence-corrected chi connectivity index (χ3v) is 2.05. The van der Waals surface area contributed by atoms with Gasteiger partial charge in [-0.25, -0.2) is 4.79 Å². The minimum Gasteiger partial charge on any atom is -0.449 e. The van der Waals surface area contributed by atoms with Gasteiger partial charge in [-0.15, -0.1) is 0 Å². The van der Waals surface area contributed by atoms with Gasteiger partial charge in [0.1, 0.15) is 0 Å². The van der Waals surface area contributed by atoms with E-state index in [1.54, 1.807) is 38.2 Å². The van der Waals surface area contributed by atoms with Crippen molar-refractivity contribution in [2.75, 3.05) is 18.6 Å². The third kappa shape index (κ3) is 2.95. The molecule has 0 radical (unpaired) electrons. The summed E-state index contributed by atoms with van der Waals surface area (Å²) in [6.07, 6.45) is -0.380. The van der Waals surface area contributed by atoms with Gasteiger partial charge in [0.15, 0.2) is 0 Å². The summed E-state index contributed by atoms with van der Waals surface area (Å²) in [6.45, 7) is 2.13. The van der Waals surface area contributed by atoms with Crippen molar-refractivity contribution in [3.63, 3.8) is 0 Å². The molecule has 0 aliphatic heterocycles. The molecule has 15 heavy (non-hydrogen) atoms. The van der Waals surface area contributed by atoms with Crippen molar-refractivity contribution in [2.45, 2.75) is 13.5 Å². The molecule has 0 atom stereocenters. The van der Waals surface area contributed by atoms with E-state index in [-0.39, 0.29) is 12.7 Å². The lowest BCUT2D eigenvalue weighted by Crippen LogP contribution is -2.26. The van der Waals surface area contributed by atoms with Crippen LogP contribution in [0, 0.1) is 0 Å². The average molecular weight is 209 g/mol. The first kappa shape index (κ1) is 11.5. The van der Waals surface area contributed by atoms with Crippen LogP contribution in [0.2, 0.25) is 0 Å². The number of aliphatic hydroxyl groups is 1. The van der Waals surface area contributed by atoms with Crippen LogP contribution in [0.1, 0.15) is 12.5 Å². The molecular weight excluding hydrogens is 194 g/mol. The lowest BCUT2D eigenvalue weighted by Gasteiger charge is -2.16. The van der Waals surface area contributed by atoms with E-state index < -0.39 is 0 Å². The fraction of sp³-hybridized carbons (Fsp3) is 0.364. The van der Waals surface area contributed by atoms with Gasteiger partial charge in [0.2, 0.25) is 0 Å². The lowest BCUT2D eigenvalue weighted by atomic mass is 10.2. The summed E-state index contributed by atoms with van der Waals surface area (Å²) >= 11 is 0. The molecule has 0 aliphatic rings. The first-order valence-corrected chi connectivity index (χ1v) is 4.79. The van der Waals surface area contributed by atoms with Crippen LogP contribution in [-0.2, 0) is 11.3 Å². The van der Waals surface area contributed by atoms with E-state index in [0.29, 0.717) is 6.61 Å². The number of hydrogen-bond acceptors (Lipinski definition) is 3. The van der Waals surface area contributed by atoms with Gasteiger partial charge >= 0.3 is 6.09 Å². The Morgan fingerprint density at radius 1 is 1.40 bits per heavy atom. The number of anilines is 1. The van der Waals surface area contributed by atoms with Crippen LogP contribution in [0.3, 0.4) is 0 Å². The molecule has 1 N–H and O–H groups in total. The molecule has 0 fully saturated rings. The fourth-order valence-electron chi connectivity index (χ4n) is 1.15. The van der Waals surface area contributed by atoms with Crippen molar-refractivity contribution in [3.05, 3.63) is 29.8 Å². The van der Waals surface area contributed by atoms with Gasteiger partial charge in [0.05, 0.1) is 13.2 Å². The van der Waals surface area contributed by atoms with Gasteiger partial charge in [-0.2, -0.15) is 0 Å². The van der Waals surface area contributed by atoms with Crippen molar-refractivity contribution in [1.29, 1.82) is 0 Å². The first-order valence-electron chi connectivity index (χ1n) is 4.79. The fourth-order valence-corrected chi connectivity index (χ4v) is 1.15. The number of benzene rings is 1. The largest absolute Gasteiger partial charge is 0.449 e. The summed E-state index contributed by atoms with van der Waals surface area (Å²) < 4.78 is 4.85. The van der Waals surface area contributed by atoms with Crippen LogP contribution in [0.5, 0.6) is 0 Å². The van der Waals surface area contributed by atoms with Crippen LogP contribution < -0.4 is 4.90 Å². The molecule has 82 valence electrons. The molecule has 0 aromatic heterocycles. The normalized spacial score (nSPS) is 9.80. The predicted molar refractivity (Wildman–Crippen MR) is 57.8 cm³/mol. The molecule has 1 aromatic carbocycles. The summed E-state index contributed by atoms with van der Waals surface area (Å²) in [4.78, 5) is 12.8. The molecular formula is C11H15NO3. The molecule has 1 rings (SSSR count). The molecule has 0 spiro atoms. The average Bonchev–Trinajstić information content (AvgIpc) is 2.28. The number of ether oxygens (including phenoxy) is 1. The molecule has 0 bridgehead atoms. The van der Waals surface area contributed by atoms with Gasteiger partial charge in [-0.1, -0.05) is 12.1 Å². The standard InChI is InChI=1S/C11H15NO3/c1-3-15-11(14)12(2)10-6-4-9(8-13)5-7-10/h4-7,13H,3,8H2,1-2H3. The SMILES string of the molecule is CCOC(=O)N(C)c1ccc(CO)cc1. The predicted octanol–water partition coefficient (Wildman–Crippen LogP) is 1.77. The lowest BCUT2D eigenvalue weighted by molar-refractivity contribution is 0.161. The quantitative estimate of drug-likeness (QED) is 0.825. The summed E-state index contributed by atoms with van der Waals surface area (Å²) in [5.74, 6) is 0. The number of carbonyl (C=O) groups excluding carboxylic acids is 1. The highest BCUT2D eigenvalue weighted by molar-refractivity contribution is 5.86. The maximum absolute atomic E-state index is 11.4. The number of rotatable bonds is 3. The van der Waals surface area contributed by atoms with Gasteiger partial charge in [-0.05, 0) is 24.6 Å². The smallest absolute Gasteiger partial charge is 0.413 e. The highest BCUT2D eigenvalue weighted by Gasteiger charge is 2.10. The van der Waals surface area contributed by atoms with Crippen molar-refractivity contribution >= 4 is 11.8 Å². The zero-order chi connectivity index (χ0) is 11.3. The minimum absolute atomic E-state index is 0.00337. The molecule has 0 saturated heterocycles. The zero-order valence-corrected chi connectivity index (χ0v) is 8.93. The summed E-state index contributed by atoms with van der Waals surface area (Å²) in [5, 5.41) is 8.86. The van der Waals surface area contributed by atoms with E-state index in [0.717, 1.165) is 11.3 Å². The van der Waals surface area contributed by atoms with Crippen molar-refractivity contribution in [2.24, 2.45) is 0 Å². The molecule has 1 amide bonds. The Hall–Kier alpha value is -1.55. The Kier molecular flexibility index (Phi) is 4.12. The Bertz CT molecular complexity index is 321. The Morgan fingerprint density at radius 2 is 2.00 bits per heavy atom. The van der Waals surface area contributed by atoms with Crippen LogP contribution in [-0.4, -0.2) is 24.9 Å². The Balaban J connectivity index is 2.73. The molecule has 1 aromatic rings. The van der Waals surface area contributed by atoms with Crippen LogP contribution in [0.25, 0.3) is 0 Å². The second-order valence-electron chi connectivity index (χ2n) is 3.08. The number of carbonyl (C=O) groups is 1. The van der Waals surface area contributed by atoms with Gasteiger partial charge < -0.3 is 9.84 Å². The molecule has 0 aliphatic carbocycles. The maximum Gasteiger partial charge on any atom is 0.413 e. The van der Waals surface area contributed by atoms with E-state index in [9.17, 15) is 4.79 Å². The molecule has 4 nitrogen and oxygen atoms in total. The Labute approximate surface area is 89.1 Å². The van der Waals surface area contributed by atoms with Crippen LogP contribution in [0.15, 0.2) is 24.3 Å². The van der Waals surface area contributed by atoms with Crippen molar-refractivity contribution < 1.29 is 14.6 Å². The molecule has 0 saturated carbocycles. The first-order chi connectivity index (χ1) is 7.19. The molecule has 0 unspecified atom stereocenters. The Morgan fingerprint density at radius 3 is 2.47 bits per heavy atom. The second-order valence-corrected chi connectivity index (χ2v) is 3.08. The summed E-state index contributed by atoms with van der Waals surface area (Å²) in [7, 11) is 1.64. The number of aliphatic hydroxyl groups excluding tert-OH is 1. The van der Waals surface area contributed by atoms with E-state index in [4.69, 9.17) is 9.84 Å². The number of hydrogen-bond donors (Lipinski definition) is 1. The van der Waals surface area contributed by atoms with Crippen LogP contribution in [0.4, 0.5) is 10.5 Å². The monoisotopic (exact) mass is 209 g/mol. The highest BCUT2D eigenvalue weighted by atomic mass is 16.6. The van der Waals surface area contributed by atoms with Crippen molar-refractivity contribution in [1.82, 2.24) is 0 Å². The second kappa shape index (κ2) is 5.36. The third-order valence-electron chi connectivity index (χ3n) is 2.05. The van der Waals surface area contributed by atoms with E-state index in [1.807, 2.05) is 0 Å². The van der Waals surface area contributed by atoms with E-state index >= 15 is 0 Å². The maximum atomic E-state index is 11.4. The van der Waals surface area contributed by atoms with Gasteiger partial charge in [-0.3, -0.25) is 4.90 Å². The van der Waals surface area contributed by atoms with Crippen LogP contribution >= 0.6 is 0 Å². The van der Waals surface area contributed by atoms with Crippen molar-refractivity contribution in [3.8, 4) is 0 Å². The van der Waals surface area contributed by atoms with Gasteiger partial charge in [0.25, 0.3) is 0 Å². The number of nitrogens with zero attached hydrogens (tertiary/aromatic N) is 1. The van der Waals surface area contributed by atoms with E-state index in [1.165, 1.54) is 4.90 Å². The molecule has 0 heterocycles. The van der Waals surface area contributed by atoms with E-state index in [2.05, 4.69) is 0 Å². The van der Waals surface area contributed by atoms with Gasteiger partial charge in [0, 0.05) is 12.7 Å². The number of amides is 1. The summed E-state index contributed by atoms with van der Waals surface area (Å²) in [6, 6.07) is 7.07. The molecule has 4 heteroatoms. The topological polar surface area (TPSA) is 49.8 Å². The minimum atomic E-state index is -0.380.